The summed E-state index contributed by atoms with van der Waals surface area (Å²) in [6, 6.07) is 3.57. The molecule has 1 aromatic heterocycles. The Kier molecular flexibility index (Phi) is 3.30. The number of rotatable bonds is 3. The Morgan fingerprint density at radius 2 is 2.29 bits per heavy atom. The van der Waals surface area contributed by atoms with E-state index < -0.39 is 6.04 Å². The summed E-state index contributed by atoms with van der Waals surface area (Å²) in [5.41, 5.74) is 7.68. The van der Waals surface area contributed by atoms with Gasteiger partial charge in [-0.25, -0.2) is 0 Å². The summed E-state index contributed by atoms with van der Waals surface area (Å²) in [4.78, 5) is 11.2. The van der Waals surface area contributed by atoms with E-state index in [0.29, 0.717) is 6.54 Å². The summed E-state index contributed by atoms with van der Waals surface area (Å²) in [6.45, 7) is 4.23. The Labute approximate surface area is 84.1 Å². The molecule has 0 aromatic carbocycles. The smallest absolute Gasteiger partial charge is 0.236 e. The fourth-order valence-corrected chi connectivity index (χ4v) is 1.18. The van der Waals surface area contributed by atoms with Gasteiger partial charge in [-0.05, 0) is 26.0 Å². The molecule has 4 nitrogen and oxygen atoms in total. The molecule has 1 amide bonds. The van der Waals surface area contributed by atoms with E-state index >= 15 is 0 Å². The van der Waals surface area contributed by atoms with E-state index in [4.69, 9.17) is 5.73 Å². The predicted molar refractivity (Wildman–Crippen MR) is 55.6 cm³/mol. The van der Waals surface area contributed by atoms with E-state index in [1.54, 1.807) is 6.92 Å². The van der Waals surface area contributed by atoms with Crippen LogP contribution in [0.3, 0.4) is 0 Å². The molecule has 1 aromatic rings. The highest BCUT2D eigenvalue weighted by molar-refractivity contribution is 5.80. The molecule has 0 radical (unpaired) electrons. The molecule has 1 heterocycles. The van der Waals surface area contributed by atoms with Crippen molar-refractivity contribution in [3.63, 3.8) is 0 Å². The van der Waals surface area contributed by atoms with Crippen LogP contribution in [-0.2, 0) is 18.4 Å². The standard InChI is InChI=1S/C10H17N3O/c1-7-4-5-9(13(7)3)6-12-10(14)8(2)11/h4-5,8H,6,11H2,1-3H3,(H,12,14)/t8-/m1/s1. The summed E-state index contributed by atoms with van der Waals surface area (Å²) in [5.74, 6) is -0.121. The minimum atomic E-state index is -0.448. The van der Waals surface area contributed by atoms with Crippen molar-refractivity contribution >= 4 is 5.91 Å². The van der Waals surface area contributed by atoms with Gasteiger partial charge in [0.15, 0.2) is 0 Å². The number of aryl methyl sites for hydroxylation is 1. The molecule has 1 atom stereocenters. The van der Waals surface area contributed by atoms with Crippen LogP contribution in [0.15, 0.2) is 12.1 Å². The molecule has 0 fully saturated rings. The number of nitrogens with two attached hydrogens (primary N) is 1. The van der Waals surface area contributed by atoms with Crippen molar-refractivity contribution in [2.24, 2.45) is 12.8 Å². The first-order valence-corrected chi connectivity index (χ1v) is 4.67. The van der Waals surface area contributed by atoms with Crippen LogP contribution in [0.2, 0.25) is 0 Å². The molecule has 0 saturated heterocycles. The van der Waals surface area contributed by atoms with Crippen LogP contribution in [0.1, 0.15) is 18.3 Å². The van der Waals surface area contributed by atoms with E-state index in [2.05, 4.69) is 5.32 Å². The van der Waals surface area contributed by atoms with E-state index in [1.165, 1.54) is 5.69 Å². The number of hydrogen-bond donors (Lipinski definition) is 2. The first kappa shape index (κ1) is 10.8. The van der Waals surface area contributed by atoms with Crippen molar-refractivity contribution in [1.29, 1.82) is 0 Å². The first-order chi connectivity index (χ1) is 6.52. The van der Waals surface area contributed by atoms with Gasteiger partial charge in [-0.2, -0.15) is 0 Å². The van der Waals surface area contributed by atoms with Crippen LogP contribution in [0.25, 0.3) is 0 Å². The number of carbonyl (C=O) groups is 1. The zero-order valence-electron chi connectivity index (χ0n) is 8.87. The molecule has 0 aliphatic heterocycles. The zero-order chi connectivity index (χ0) is 10.7. The van der Waals surface area contributed by atoms with Gasteiger partial charge in [-0.3, -0.25) is 4.79 Å². The lowest BCUT2D eigenvalue weighted by Gasteiger charge is -2.09. The molecule has 0 bridgehead atoms. The van der Waals surface area contributed by atoms with Crippen molar-refractivity contribution in [3.05, 3.63) is 23.5 Å². The van der Waals surface area contributed by atoms with Gasteiger partial charge in [0.25, 0.3) is 0 Å². The Bertz CT molecular complexity index is 328. The summed E-state index contributed by atoms with van der Waals surface area (Å²) in [5, 5.41) is 2.77. The van der Waals surface area contributed by atoms with Gasteiger partial charge in [-0.15, -0.1) is 0 Å². The quantitative estimate of drug-likeness (QED) is 0.728. The zero-order valence-corrected chi connectivity index (χ0v) is 8.87. The number of nitrogens with zero attached hydrogens (tertiary/aromatic N) is 1. The molecule has 0 unspecified atom stereocenters. The Balaban J connectivity index is 2.54. The van der Waals surface area contributed by atoms with Gasteiger partial charge in [0.2, 0.25) is 5.91 Å². The average molecular weight is 195 g/mol. The van der Waals surface area contributed by atoms with E-state index in [0.717, 1.165) is 5.69 Å². The maximum absolute atomic E-state index is 11.2. The number of hydrogen-bond acceptors (Lipinski definition) is 2. The van der Waals surface area contributed by atoms with Crippen molar-refractivity contribution in [2.75, 3.05) is 0 Å². The lowest BCUT2D eigenvalue weighted by atomic mass is 10.3. The first-order valence-electron chi connectivity index (χ1n) is 4.67. The van der Waals surface area contributed by atoms with Crippen LogP contribution in [0.4, 0.5) is 0 Å². The van der Waals surface area contributed by atoms with E-state index in [-0.39, 0.29) is 5.91 Å². The molecule has 0 aliphatic carbocycles. The number of aromatic nitrogens is 1. The normalized spacial score (nSPS) is 12.6. The van der Waals surface area contributed by atoms with Crippen LogP contribution in [-0.4, -0.2) is 16.5 Å². The van der Waals surface area contributed by atoms with E-state index in [9.17, 15) is 4.79 Å². The maximum atomic E-state index is 11.2. The van der Waals surface area contributed by atoms with Crippen molar-refractivity contribution in [1.82, 2.24) is 9.88 Å². The fraction of sp³-hybridized carbons (Fsp3) is 0.500. The Morgan fingerprint density at radius 3 is 2.71 bits per heavy atom. The van der Waals surface area contributed by atoms with Crippen LogP contribution >= 0.6 is 0 Å². The van der Waals surface area contributed by atoms with Gasteiger partial charge in [0.05, 0.1) is 12.6 Å². The van der Waals surface area contributed by atoms with Gasteiger partial charge < -0.3 is 15.6 Å². The fourth-order valence-electron chi connectivity index (χ4n) is 1.18. The summed E-state index contributed by atoms with van der Waals surface area (Å²) < 4.78 is 2.04. The van der Waals surface area contributed by atoms with Crippen LogP contribution in [0, 0.1) is 6.92 Å². The monoisotopic (exact) mass is 195 g/mol. The van der Waals surface area contributed by atoms with Gasteiger partial charge in [0.1, 0.15) is 0 Å². The molecule has 1 rings (SSSR count). The summed E-state index contributed by atoms with van der Waals surface area (Å²) in [6.07, 6.45) is 0. The topological polar surface area (TPSA) is 60.1 Å². The van der Waals surface area contributed by atoms with Gasteiger partial charge >= 0.3 is 0 Å². The largest absolute Gasteiger partial charge is 0.350 e. The molecular weight excluding hydrogens is 178 g/mol. The van der Waals surface area contributed by atoms with Crippen molar-refractivity contribution < 1.29 is 4.79 Å². The van der Waals surface area contributed by atoms with E-state index in [1.807, 2.05) is 30.7 Å². The van der Waals surface area contributed by atoms with Gasteiger partial charge in [-0.1, -0.05) is 0 Å². The minimum Gasteiger partial charge on any atom is -0.350 e. The van der Waals surface area contributed by atoms with Crippen molar-refractivity contribution in [3.8, 4) is 0 Å². The second-order valence-corrected chi connectivity index (χ2v) is 3.53. The third-order valence-corrected chi connectivity index (χ3v) is 2.33. The molecule has 3 N–H and O–H groups in total. The summed E-state index contributed by atoms with van der Waals surface area (Å²) in [7, 11) is 1.97. The third-order valence-electron chi connectivity index (χ3n) is 2.33. The Hall–Kier alpha value is -1.29. The lowest BCUT2D eigenvalue weighted by Crippen LogP contribution is -2.38. The molecule has 0 saturated carbocycles. The second-order valence-electron chi connectivity index (χ2n) is 3.53. The molecule has 4 heteroatoms. The number of amides is 1. The van der Waals surface area contributed by atoms with Crippen LogP contribution < -0.4 is 11.1 Å². The highest BCUT2D eigenvalue weighted by Gasteiger charge is 2.07. The minimum absolute atomic E-state index is 0.121. The number of carbonyl (C=O) groups excluding carboxylic acids is 1. The highest BCUT2D eigenvalue weighted by atomic mass is 16.2. The lowest BCUT2D eigenvalue weighted by molar-refractivity contribution is -0.122. The molecular formula is C10H17N3O. The molecule has 14 heavy (non-hydrogen) atoms. The third kappa shape index (κ3) is 2.35. The molecule has 0 spiro atoms. The van der Waals surface area contributed by atoms with Crippen LogP contribution in [0.5, 0.6) is 0 Å². The number of nitrogens with one attached hydrogen (secondary N) is 1. The highest BCUT2D eigenvalue weighted by Crippen LogP contribution is 2.04. The maximum Gasteiger partial charge on any atom is 0.236 e. The van der Waals surface area contributed by atoms with Crippen molar-refractivity contribution in [2.45, 2.75) is 26.4 Å². The molecule has 0 aliphatic rings. The average Bonchev–Trinajstić information content (AvgIpc) is 2.44. The SMILES string of the molecule is Cc1ccc(CNC(=O)[C@@H](C)N)n1C. The predicted octanol–water partition coefficient (Wildman–Crippen LogP) is 0.297. The molecule has 78 valence electrons. The second kappa shape index (κ2) is 4.28. The van der Waals surface area contributed by atoms with Gasteiger partial charge in [0, 0.05) is 18.4 Å². The summed E-state index contributed by atoms with van der Waals surface area (Å²) >= 11 is 0. The Morgan fingerprint density at radius 1 is 1.64 bits per heavy atom.